The van der Waals surface area contributed by atoms with Gasteiger partial charge in [0.1, 0.15) is 5.75 Å². The molecule has 0 spiro atoms. The van der Waals surface area contributed by atoms with Crippen molar-refractivity contribution >= 4 is 5.95 Å². The van der Waals surface area contributed by atoms with E-state index in [1.807, 2.05) is 0 Å². The molecule has 0 amide bonds. The molecule has 0 fully saturated rings. The van der Waals surface area contributed by atoms with E-state index in [1.165, 1.54) is 24.4 Å². The summed E-state index contributed by atoms with van der Waals surface area (Å²) in [7, 11) is 1.63. The van der Waals surface area contributed by atoms with Gasteiger partial charge in [0.05, 0.1) is 5.56 Å². The number of nitrogens with one attached hydrogen (secondary N) is 1. The molecule has 1 N–H and O–H groups in total. The number of aromatic nitrogens is 2. The van der Waals surface area contributed by atoms with Crippen molar-refractivity contribution in [2.75, 3.05) is 12.4 Å². The lowest BCUT2D eigenvalue weighted by Crippen LogP contribution is -2.04. The molecule has 0 bridgehead atoms. The van der Waals surface area contributed by atoms with E-state index in [0.717, 1.165) is 12.1 Å². The van der Waals surface area contributed by atoms with Gasteiger partial charge in [0.15, 0.2) is 0 Å². The van der Waals surface area contributed by atoms with Crippen LogP contribution in [-0.4, -0.2) is 17.0 Å². The summed E-state index contributed by atoms with van der Waals surface area (Å²) in [5.74, 6) is 0.554. The number of alkyl halides is 3. The predicted octanol–water partition coefficient (Wildman–Crippen LogP) is 3.33. The molecule has 0 radical (unpaired) electrons. The SMILES string of the molecule is CNc1nccc(Oc2cccc(C(F)(F)F)c2)n1. The van der Waals surface area contributed by atoms with E-state index < -0.39 is 11.7 Å². The molecule has 0 unspecified atom stereocenters. The maximum absolute atomic E-state index is 12.5. The van der Waals surface area contributed by atoms with Crippen molar-refractivity contribution in [1.29, 1.82) is 0 Å². The number of rotatable bonds is 3. The van der Waals surface area contributed by atoms with Crippen molar-refractivity contribution in [1.82, 2.24) is 9.97 Å². The second kappa shape index (κ2) is 5.13. The van der Waals surface area contributed by atoms with Crippen molar-refractivity contribution in [3.8, 4) is 11.6 Å². The van der Waals surface area contributed by atoms with Crippen LogP contribution in [0.1, 0.15) is 5.56 Å². The highest BCUT2D eigenvalue weighted by Gasteiger charge is 2.30. The molecule has 2 aromatic rings. The van der Waals surface area contributed by atoms with Crippen LogP contribution in [0, 0.1) is 0 Å². The number of anilines is 1. The molecule has 1 heterocycles. The molecule has 0 aliphatic carbocycles. The first-order valence-corrected chi connectivity index (χ1v) is 5.35. The highest BCUT2D eigenvalue weighted by molar-refractivity contribution is 5.34. The number of nitrogens with zero attached hydrogens (tertiary/aromatic N) is 2. The third-order valence-electron chi connectivity index (χ3n) is 2.24. The van der Waals surface area contributed by atoms with E-state index in [2.05, 4.69) is 15.3 Å². The van der Waals surface area contributed by atoms with Crippen LogP contribution in [-0.2, 0) is 6.18 Å². The van der Waals surface area contributed by atoms with E-state index in [9.17, 15) is 13.2 Å². The predicted molar refractivity (Wildman–Crippen MR) is 63.1 cm³/mol. The largest absolute Gasteiger partial charge is 0.439 e. The molecule has 1 aromatic heterocycles. The van der Waals surface area contributed by atoms with Crippen molar-refractivity contribution in [2.24, 2.45) is 0 Å². The first-order chi connectivity index (χ1) is 8.99. The topological polar surface area (TPSA) is 47.0 Å². The van der Waals surface area contributed by atoms with E-state index in [1.54, 1.807) is 7.05 Å². The zero-order valence-electron chi connectivity index (χ0n) is 9.90. The van der Waals surface area contributed by atoms with Crippen LogP contribution in [0.3, 0.4) is 0 Å². The van der Waals surface area contributed by atoms with Gasteiger partial charge in [-0.1, -0.05) is 6.07 Å². The number of hydrogen-bond donors (Lipinski definition) is 1. The van der Waals surface area contributed by atoms with Gasteiger partial charge in [0, 0.05) is 19.3 Å². The Hall–Kier alpha value is -2.31. The van der Waals surface area contributed by atoms with E-state index in [0.29, 0.717) is 5.95 Å². The Morgan fingerprint density at radius 2 is 2.00 bits per heavy atom. The standard InChI is InChI=1S/C12H10F3N3O/c1-16-11-17-6-5-10(18-11)19-9-4-2-3-8(7-9)12(13,14)15/h2-7H,1H3,(H,16,17,18). The lowest BCUT2D eigenvalue weighted by molar-refractivity contribution is -0.137. The molecule has 0 atom stereocenters. The molecule has 0 aliphatic heterocycles. The van der Waals surface area contributed by atoms with Crippen LogP contribution in [0.2, 0.25) is 0 Å². The van der Waals surface area contributed by atoms with Gasteiger partial charge in [-0.2, -0.15) is 18.2 Å². The third-order valence-corrected chi connectivity index (χ3v) is 2.24. The minimum atomic E-state index is -4.40. The number of ether oxygens (including phenoxy) is 1. The quantitative estimate of drug-likeness (QED) is 0.928. The zero-order chi connectivity index (χ0) is 13.9. The van der Waals surface area contributed by atoms with Crippen LogP contribution in [0.4, 0.5) is 19.1 Å². The van der Waals surface area contributed by atoms with Crippen LogP contribution in [0.5, 0.6) is 11.6 Å². The average Bonchev–Trinajstić information content (AvgIpc) is 2.38. The summed E-state index contributed by atoms with van der Waals surface area (Å²) in [5, 5.41) is 2.71. The Morgan fingerprint density at radius 3 is 2.68 bits per heavy atom. The molecule has 0 aliphatic rings. The minimum absolute atomic E-state index is 0.0654. The van der Waals surface area contributed by atoms with Gasteiger partial charge in [0.25, 0.3) is 0 Å². The summed E-state index contributed by atoms with van der Waals surface area (Å²) in [6.07, 6.45) is -2.96. The minimum Gasteiger partial charge on any atom is -0.439 e. The second-order valence-corrected chi connectivity index (χ2v) is 3.60. The highest BCUT2D eigenvalue weighted by Crippen LogP contribution is 2.32. The van der Waals surface area contributed by atoms with Crippen LogP contribution in [0.15, 0.2) is 36.5 Å². The smallest absolute Gasteiger partial charge is 0.416 e. The first kappa shape index (κ1) is 13.1. The maximum Gasteiger partial charge on any atom is 0.416 e. The van der Waals surface area contributed by atoms with Gasteiger partial charge >= 0.3 is 6.18 Å². The number of halogens is 3. The lowest BCUT2D eigenvalue weighted by atomic mass is 10.2. The van der Waals surface area contributed by atoms with Crippen molar-refractivity contribution < 1.29 is 17.9 Å². The molecular formula is C12H10F3N3O. The third kappa shape index (κ3) is 3.34. The fourth-order valence-electron chi connectivity index (χ4n) is 1.38. The Kier molecular flexibility index (Phi) is 3.55. The maximum atomic E-state index is 12.5. The van der Waals surface area contributed by atoms with Crippen LogP contribution < -0.4 is 10.1 Å². The summed E-state index contributed by atoms with van der Waals surface area (Å²) < 4.78 is 42.9. The molecule has 0 saturated heterocycles. The van der Waals surface area contributed by atoms with Gasteiger partial charge < -0.3 is 10.1 Å². The molecule has 19 heavy (non-hydrogen) atoms. The van der Waals surface area contributed by atoms with Gasteiger partial charge in [0.2, 0.25) is 11.8 Å². The Bertz CT molecular complexity index is 572. The Morgan fingerprint density at radius 1 is 1.21 bits per heavy atom. The number of benzene rings is 1. The molecular weight excluding hydrogens is 259 g/mol. The highest BCUT2D eigenvalue weighted by atomic mass is 19.4. The molecule has 4 nitrogen and oxygen atoms in total. The summed E-state index contributed by atoms with van der Waals surface area (Å²) in [4.78, 5) is 7.83. The summed E-state index contributed by atoms with van der Waals surface area (Å²) in [5.41, 5.74) is -0.770. The Balaban J connectivity index is 2.23. The molecule has 1 aromatic carbocycles. The molecule has 7 heteroatoms. The van der Waals surface area contributed by atoms with Crippen LogP contribution >= 0.6 is 0 Å². The van der Waals surface area contributed by atoms with Crippen molar-refractivity contribution in [3.05, 3.63) is 42.1 Å². The van der Waals surface area contributed by atoms with E-state index >= 15 is 0 Å². The van der Waals surface area contributed by atoms with E-state index in [4.69, 9.17) is 4.74 Å². The van der Waals surface area contributed by atoms with Crippen molar-refractivity contribution in [3.63, 3.8) is 0 Å². The second-order valence-electron chi connectivity index (χ2n) is 3.60. The van der Waals surface area contributed by atoms with Crippen LogP contribution in [0.25, 0.3) is 0 Å². The Labute approximate surface area is 107 Å². The molecule has 2 rings (SSSR count). The molecule has 0 saturated carbocycles. The lowest BCUT2D eigenvalue weighted by Gasteiger charge is -2.09. The van der Waals surface area contributed by atoms with Gasteiger partial charge in [-0.05, 0) is 18.2 Å². The molecule has 100 valence electrons. The summed E-state index contributed by atoms with van der Waals surface area (Å²) in [6, 6.07) is 6.06. The normalized spacial score (nSPS) is 11.2. The first-order valence-electron chi connectivity index (χ1n) is 5.35. The fraction of sp³-hybridized carbons (Fsp3) is 0.167. The van der Waals surface area contributed by atoms with Gasteiger partial charge in [-0.3, -0.25) is 0 Å². The fourth-order valence-corrected chi connectivity index (χ4v) is 1.38. The van der Waals surface area contributed by atoms with Gasteiger partial charge in [-0.25, -0.2) is 4.98 Å². The number of hydrogen-bond acceptors (Lipinski definition) is 4. The summed E-state index contributed by atoms with van der Waals surface area (Å²) >= 11 is 0. The average molecular weight is 269 g/mol. The van der Waals surface area contributed by atoms with Gasteiger partial charge in [-0.15, -0.1) is 0 Å². The monoisotopic (exact) mass is 269 g/mol. The van der Waals surface area contributed by atoms with E-state index in [-0.39, 0.29) is 11.6 Å². The zero-order valence-corrected chi connectivity index (χ0v) is 9.90. The van der Waals surface area contributed by atoms with Crippen molar-refractivity contribution in [2.45, 2.75) is 6.18 Å². The summed E-state index contributed by atoms with van der Waals surface area (Å²) in [6.45, 7) is 0.